The summed E-state index contributed by atoms with van der Waals surface area (Å²) in [6, 6.07) is 11.5. The van der Waals surface area contributed by atoms with Crippen molar-refractivity contribution in [2.75, 3.05) is 18.0 Å². The predicted octanol–water partition coefficient (Wildman–Crippen LogP) is 3.23. The van der Waals surface area contributed by atoms with E-state index >= 15 is 0 Å². The first-order valence-electron chi connectivity index (χ1n) is 8.37. The van der Waals surface area contributed by atoms with Crippen LogP contribution in [0.5, 0.6) is 0 Å². The number of rotatable bonds is 8. The van der Waals surface area contributed by atoms with Crippen molar-refractivity contribution in [3.8, 4) is 0 Å². The molecule has 0 heterocycles. The van der Waals surface area contributed by atoms with E-state index in [2.05, 4.69) is 23.5 Å². The van der Waals surface area contributed by atoms with Crippen LogP contribution < -0.4 is 9.62 Å². The van der Waals surface area contributed by atoms with Crippen molar-refractivity contribution in [2.45, 2.75) is 32.2 Å². The molecule has 0 unspecified atom stereocenters. The SMILES string of the molecule is CCN(CC)c1ccc(CNS(=O)(=O)c2ccc(C)c([N+](=O)[O-])c2)cc1. The average molecular weight is 377 g/mol. The van der Waals surface area contributed by atoms with E-state index in [-0.39, 0.29) is 17.1 Å². The average Bonchev–Trinajstić information content (AvgIpc) is 2.62. The molecule has 8 heteroatoms. The van der Waals surface area contributed by atoms with Gasteiger partial charge in [-0.15, -0.1) is 0 Å². The van der Waals surface area contributed by atoms with Crippen LogP contribution in [0.15, 0.2) is 47.4 Å². The first-order chi connectivity index (χ1) is 12.3. The number of nitrogens with one attached hydrogen (secondary N) is 1. The van der Waals surface area contributed by atoms with Gasteiger partial charge in [-0.1, -0.05) is 18.2 Å². The molecule has 0 saturated heterocycles. The molecule has 1 N–H and O–H groups in total. The highest BCUT2D eigenvalue weighted by Gasteiger charge is 2.19. The number of nitro groups is 1. The summed E-state index contributed by atoms with van der Waals surface area (Å²) in [5, 5.41) is 11.0. The van der Waals surface area contributed by atoms with Crippen LogP contribution in [-0.2, 0) is 16.6 Å². The Bertz CT molecular complexity index is 876. The van der Waals surface area contributed by atoms with Crippen LogP contribution in [0, 0.1) is 17.0 Å². The van der Waals surface area contributed by atoms with E-state index < -0.39 is 14.9 Å². The van der Waals surface area contributed by atoms with Crippen LogP contribution >= 0.6 is 0 Å². The van der Waals surface area contributed by atoms with Crippen molar-refractivity contribution < 1.29 is 13.3 Å². The molecule has 26 heavy (non-hydrogen) atoms. The van der Waals surface area contributed by atoms with E-state index in [0.29, 0.717) is 5.56 Å². The Balaban J connectivity index is 2.13. The second kappa shape index (κ2) is 8.29. The summed E-state index contributed by atoms with van der Waals surface area (Å²) in [4.78, 5) is 12.5. The fourth-order valence-corrected chi connectivity index (χ4v) is 3.67. The van der Waals surface area contributed by atoms with Crippen LogP contribution in [0.1, 0.15) is 25.0 Å². The molecule has 0 aliphatic rings. The molecule has 0 fully saturated rings. The van der Waals surface area contributed by atoms with Gasteiger partial charge in [-0.05, 0) is 44.5 Å². The number of hydrogen-bond donors (Lipinski definition) is 1. The molecule has 0 spiro atoms. The minimum Gasteiger partial charge on any atom is -0.372 e. The van der Waals surface area contributed by atoms with Gasteiger partial charge < -0.3 is 4.90 Å². The third-order valence-electron chi connectivity index (χ3n) is 4.22. The smallest absolute Gasteiger partial charge is 0.273 e. The van der Waals surface area contributed by atoms with Gasteiger partial charge in [0.25, 0.3) is 5.69 Å². The van der Waals surface area contributed by atoms with Crippen molar-refractivity contribution in [2.24, 2.45) is 0 Å². The molecular formula is C18H23N3O4S. The maximum Gasteiger partial charge on any atom is 0.273 e. The molecule has 140 valence electrons. The van der Waals surface area contributed by atoms with Crippen molar-refractivity contribution in [1.82, 2.24) is 4.72 Å². The second-order valence-electron chi connectivity index (χ2n) is 5.87. The normalized spacial score (nSPS) is 11.3. The lowest BCUT2D eigenvalue weighted by Gasteiger charge is -2.21. The third kappa shape index (κ3) is 4.59. The summed E-state index contributed by atoms with van der Waals surface area (Å²) in [6.07, 6.45) is 0. The fourth-order valence-electron chi connectivity index (χ4n) is 2.63. The Morgan fingerprint density at radius 3 is 2.23 bits per heavy atom. The summed E-state index contributed by atoms with van der Waals surface area (Å²) >= 11 is 0. The van der Waals surface area contributed by atoms with Gasteiger partial charge in [0.05, 0.1) is 9.82 Å². The molecule has 0 radical (unpaired) electrons. The fraction of sp³-hybridized carbons (Fsp3) is 0.333. The zero-order chi connectivity index (χ0) is 19.3. The lowest BCUT2D eigenvalue weighted by atomic mass is 10.2. The zero-order valence-corrected chi connectivity index (χ0v) is 15.9. The molecular weight excluding hydrogens is 354 g/mol. The van der Waals surface area contributed by atoms with Gasteiger partial charge in [-0.2, -0.15) is 0 Å². The van der Waals surface area contributed by atoms with E-state index in [1.54, 1.807) is 6.92 Å². The van der Waals surface area contributed by atoms with Gasteiger partial charge in [-0.25, -0.2) is 13.1 Å². The topological polar surface area (TPSA) is 92.6 Å². The maximum atomic E-state index is 12.4. The van der Waals surface area contributed by atoms with Crippen LogP contribution in [0.3, 0.4) is 0 Å². The third-order valence-corrected chi connectivity index (χ3v) is 5.62. The highest BCUT2D eigenvalue weighted by Crippen LogP contribution is 2.22. The van der Waals surface area contributed by atoms with Crippen molar-refractivity contribution in [3.05, 3.63) is 63.7 Å². The molecule has 0 saturated carbocycles. The Labute approximate surface area is 153 Å². The van der Waals surface area contributed by atoms with E-state index in [0.717, 1.165) is 30.4 Å². The first-order valence-corrected chi connectivity index (χ1v) is 9.85. The van der Waals surface area contributed by atoms with Crippen molar-refractivity contribution in [3.63, 3.8) is 0 Å². The summed E-state index contributed by atoms with van der Waals surface area (Å²) in [6.45, 7) is 7.63. The molecule has 0 bridgehead atoms. The Hall–Kier alpha value is -2.45. The maximum absolute atomic E-state index is 12.4. The minimum absolute atomic E-state index is 0.114. The molecule has 0 aliphatic heterocycles. The van der Waals surface area contributed by atoms with Crippen LogP contribution in [0.4, 0.5) is 11.4 Å². The summed E-state index contributed by atoms with van der Waals surface area (Å²) in [5.74, 6) is 0. The van der Waals surface area contributed by atoms with Gasteiger partial charge in [0.1, 0.15) is 0 Å². The zero-order valence-electron chi connectivity index (χ0n) is 15.1. The summed E-state index contributed by atoms with van der Waals surface area (Å²) < 4.78 is 27.3. The van der Waals surface area contributed by atoms with Gasteiger partial charge >= 0.3 is 0 Å². The van der Waals surface area contributed by atoms with E-state index in [4.69, 9.17) is 0 Å². The second-order valence-corrected chi connectivity index (χ2v) is 7.64. The number of aryl methyl sites for hydroxylation is 1. The standard InChI is InChI=1S/C18H23N3O4S/c1-4-20(5-2)16-9-7-15(8-10-16)13-19-26(24,25)17-11-6-14(3)18(12-17)21(22)23/h6-12,19H,4-5,13H2,1-3H3. The Morgan fingerprint density at radius 2 is 1.69 bits per heavy atom. The largest absolute Gasteiger partial charge is 0.372 e. The Morgan fingerprint density at radius 1 is 1.08 bits per heavy atom. The summed E-state index contributed by atoms with van der Waals surface area (Å²) in [7, 11) is -3.83. The monoisotopic (exact) mass is 377 g/mol. The summed E-state index contributed by atoms with van der Waals surface area (Å²) in [5.41, 5.74) is 2.10. The molecule has 2 rings (SSSR count). The molecule has 0 atom stereocenters. The highest BCUT2D eigenvalue weighted by atomic mass is 32.2. The van der Waals surface area contributed by atoms with E-state index in [1.165, 1.54) is 12.1 Å². The number of sulfonamides is 1. The minimum atomic E-state index is -3.83. The van der Waals surface area contributed by atoms with E-state index in [9.17, 15) is 18.5 Å². The van der Waals surface area contributed by atoms with Crippen LogP contribution in [0.2, 0.25) is 0 Å². The molecule has 2 aromatic carbocycles. The lowest BCUT2D eigenvalue weighted by Crippen LogP contribution is -2.24. The van der Waals surface area contributed by atoms with Crippen molar-refractivity contribution in [1.29, 1.82) is 0 Å². The Kier molecular flexibility index (Phi) is 6.33. The number of nitrogens with zero attached hydrogens (tertiary/aromatic N) is 2. The van der Waals surface area contributed by atoms with Gasteiger partial charge in [0.2, 0.25) is 10.0 Å². The number of nitro benzene ring substituents is 1. The molecule has 2 aromatic rings. The van der Waals surface area contributed by atoms with Crippen LogP contribution in [0.25, 0.3) is 0 Å². The molecule has 0 aromatic heterocycles. The predicted molar refractivity (Wildman–Crippen MR) is 102 cm³/mol. The number of benzene rings is 2. The number of anilines is 1. The molecule has 0 amide bonds. The lowest BCUT2D eigenvalue weighted by molar-refractivity contribution is -0.385. The van der Waals surface area contributed by atoms with Gasteiger partial charge in [0, 0.05) is 37.0 Å². The first kappa shape index (κ1) is 19.9. The molecule has 7 nitrogen and oxygen atoms in total. The quantitative estimate of drug-likeness (QED) is 0.563. The van der Waals surface area contributed by atoms with Crippen LogP contribution in [-0.4, -0.2) is 26.4 Å². The van der Waals surface area contributed by atoms with Crippen molar-refractivity contribution >= 4 is 21.4 Å². The molecule has 0 aliphatic carbocycles. The van der Waals surface area contributed by atoms with Gasteiger partial charge in [0.15, 0.2) is 0 Å². The highest BCUT2D eigenvalue weighted by molar-refractivity contribution is 7.89. The van der Waals surface area contributed by atoms with E-state index in [1.807, 2.05) is 24.3 Å². The van der Waals surface area contributed by atoms with Gasteiger partial charge in [-0.3, -0.25) is 10.1 Å². The number of hydrogen-bond acceptors (Lipinski definition) is 5.